The van der Waals surface area contributed by atoms with Crippen molar-refractivity contribution in [3.8, 4) is 11.5 Å². The first-order valence-electron chi connectivity index (χ1n) is 7.57. The van der Waals surface area contributed by atoms with Gasteiger partial charge in [0.05, 0.1) is 12.4 Å². The van der Waals surface area contributed by atoms with Crippen LogP contribution < -0.4 is 14.8 Å². The van der Waals surface area contributed by atoms with E-state index in [2.05, 4.69) is 11.9 Å². The Balaban J connectivity index is 1.89. The molecule has 1 N–H and O–H groups in total. The third-order valence-corrected chi connectivity index (χ3v) is 4.34. The van der Waals surface area contributed by atoms with Gasteiger partial charge in [0.2, 0.25) is 5.91 Å². The summed E-state index contributed by atoms with van der Waals surface area (Å²) in [6, 6.07) is 14.9. The van der Waals surface area contributed by atoms with Crippen molar-refractivity contribution in [1.29, 1.82) is 0 Å². The van der Waals surface area contributed by atoms with E-state index < -0.39 is 0 Å². The van der Waals surface area contributed by atoms with Crippen LogP contribution in [0, 0.1) is 0 Å². The van der Waals surface area contributed by atoms with Gasteiger partial charge in [-0.05, 0) is 55.5 Å². The Bertz CT molecular complexity index is 668. The van der Waals surface area contributed by atoms with Crippen molar-refractivity contribution in [3.05, 3.63) is 61.2 Å². The van der Waals surface area contributed by atoms with Crippen molar-refractivity contribution < 1.29 is 14.3 Å². The summed E-state index contributed by atoms with van der Waals surface area (Å²) < 4.78 is 10.5. The zero-order valence-electron chi connectivity index (χ0n) is 13.8. The lowest BCUT2D eigenvalue weighted by Crippen LogP contribution is -2.22. The minimum absolute atomic E-state index is 0.0458. The molecule has 0 bridgehead atoms. The van der Waals surface area contributed by atoms with Gasteiger partial charge in [0.15, 0.2) is 0 Å². The second-order valence-corrected chi connectivity index (χ2v) is 6.46. The van der Waals surface area contributed by atoms with Crippen LogP contribution in [0.15, 0.2) is 66.1 Å². The summed E-state index contributed by atoms with van der Waals surface area (Å²) in [5.74, 6) is 1.50. The van der Waals surface area contributed by atoms with Crippen molar-refractivity contribution in [2.24, 2.45) is 0 Å². The molecule has 1 amide bonds. The zero-order valence-corrected chi connectivity index (χ0v) is 14.6. The lowest BCUT2D eigenvalue weighted by atomic mass is 10.3. The van der Waals surface area contributed by atoms with Crippen LogP contribution in [0.25, 0.3) is 0 Å². The molecule has 5 heteroatoms. The molecule has 0 saturated heterocycles. The van der Waals surface area contributed by atoms with E-state index in [0.717, 1.165) is 22.1 Å². The molecule has 0 heterocycles. The Labute approximate surface area is 146 Å². The van der Waals surface area contributed by atoms with E-state index >= 15 is 0 Å². The van der Waals surface area contributed by atoms with Gasteiger partial charge in [-0.3, -0.25) is 4.79 Å². The lowest BCUT2D eigenvalue weighted by molar-refractivity contribution is -0.115. The second kappa shape index (κ2) is 9.03. The maximum atomic E-state index is 12.3. The third-order valence-electron chi connectivity index (χ3n) is 3.23. The molecule has 0 aliphatic carbocycles. The van der Waals surface area contributed by atoms with Gasteiger partial charge in [0, 0.05) is 10.6 Å². The predicted molar refractivity (Wildman–Crippen MR) is 99.1 cm³/mol. The van der Waals surface area contributed by atoms with Crippen LogP contribution in [0.2, 0.25) is 0 Å². The molecule has 0 unspecified atom stereocenters. The number of amides is 1. The Morgan fingerprint density at radius 3 is 2.38 bits per heavy atom. The number of ether oxygens (including phenoxy) is 2. The molecule has 126 valence electrons. The fraction of sp³-hybridized carbons (Fsp3) is 0.211. The molecule has 0 fully saturated rings. The Morgan fingerprint density at radius 2 is 1.79 bits per heavy atom. The summed E-state index contributed by atoms with van der Waals surface area (Å²) in [6.07, 6.45) is 1.69. The molecule has 2 aromatic carbocycles. The Hall–Kier alpha value is -2.40. The number of rotatable bonds is 8. The fourth-order valence-electron chi connectivity index (χ4n) is 1.95. The maximum Gasteiger partial charge on any atom is 0.237 e. The minimum Gasteiger partial charge on any atom is -0.497 e. The van der Waals surface area contributed by atoms with Gasteiger partial charge in [-0.1, -0.05) is 12.7 Å². The number of hydrogen-bond donors (Lipinski definition) is 1. The van der Waals surface area contributed by atoms with E-state index in [-0.39, 0.29) is 11.2 Å². The zero-order chi connectivity index (χ0) is 17.4. The highest BCUT2D eigenvalue weighted by Crippen LogP contribution is 2.26. The van der Waals surface area contributed by atoms with E-state index in [1.807, 2.05) is 55.5 Å². The molecule has 0 aliphatic heterocycles. The number of thioether (sulfide) groups is 1. The number of methoxy groups -OCH3 is 1. The van der Waals surface area contributed by atoms with Gasteiger partial charge < -0.3 is 14.8 Å². The highest BCUT2D eigenvalue weighted by Gasteiger charge is 2.14. The first-order chi connectivity index (χ1) is 11.6. The van der Waals surface area contributed by atoms with Crippen molar-refractivity contribution in [3.63, 3.8) is 0 Å². The molecule has 4 nitrogen and oxygen atoms in total. The average molecular weight is 343 g/mol. The Morgan fingerprint density at radius 1 is 1.17 bits per heavy atom. The van der Waals surface area contributed by atoms with Gasteiger partial charge in [-0.15, -0.1) is 11.8 Å². The summed E-state index contributed by atoms with van der Waals surface area (Å²) in [4.78, 5) is 13.3. The van der Waals surface area contributed by atoms with Crippen molar-refractivity contribution in [2.45, 2.75) is 17.1 Å². The van der Waals surface area contributed by atoms with Crippen LogP contribution in [0.1, 0.15) is 6.92 Å². The molecule has 0 aromatic heterocycles. The largest absolute Gasteiger partial charge is 0.497 e. The van der Waals surface area contributed by atoms with Gasteiger partial charge in [0.1, 0.15) is 18.1 Å². The topological polar surface area (TPSA) is 47.6 Å². The highest BCUT2D eigenvalue weighted by atomic mass is 32.2. The van der Waals surface area contributed by atoms with Crippen LogP contribution in [-0.2, 0) is 4.79 Å². The van der Waals surface area contributed by atoms with Crippen molar-refractivity contribution >= 4 is 23.4 Å². The molecular formula is C19H21NO3S. The minimum atomic E-state index is -0.213. The van der Waals surface area contributed by atoms with Crippen LogP contribution in [0.3, 0.4) is 0 Å². The predicted octanol–water partition coefficient (Wildman–Crippen LogP) is 4.38. The average Bonchev–Trinajstić information content (AvgIpc) is 2.61. The SMILES string of the molecule is C=CCOc1ccc(NC(=O)[C@H](C)Sc2ccc(OC)cc2)cc1. The number of carbonyl (C=O) groups is 1. The maximum absolute atomic E-state index is 12.3. The molecule has 0 radical (unpaired) electrons. The van der Waals surface area contributed by atoms with Crippen LogP contribution in [0.4, 0.5) is 5.69 Å². The lowest BCUT2D eigenvalue weighted by Gasteiger charge is -2.13. The van der Waals surface area contributed by atoms with Crippen molar-refractivity contribution in [1.82, 2.24) is 0 Å². The number of carbonyl (C=O) groups excluding carboxylic acids is 1. The van der Waals surface area contributed by atoms with E-state index in [4.69, 9.17) is 9.47 Å². The first-order valence-corrected chi connectivity index (χ1v) is 8.45. The molecule has 2 aromatic rings. The van der Waals surface area contributed by atoms with Gasteiger partial charge in [0.25, 0.3) is 0 Å². The van der Waals surface area contributed by atoms with E-state index in [1.165, 1.54) is 11.8 Å². The molecule has 0 saturated carbocycles. The van der Waals surface area contributed by atoms with Gasteiger partial charge >= 0.3 is 0 Å². The van der Waals surface area contributed by atoms with Crippen molar-refractivity contribution in [2.75, 3.05) is 19.0 Å². The molecular weight excluding hydrogens is 322 g/mol. The number of hydrogen-bond acceptors (Lipinski definition) is 4. The smallest absolute Gasteiger partial charge is 0.237 e. The molecule has 1 atom stereocenters. The van der Waals surface area contributed by atoms with E-state index in [1.54, 1.807) is 13.2 Å². The summed E-state index contributed by atoms with van der Waals surface area (Å²) in [6.45, 7) is 5.95. The van der Waals surface area contributed by atoms with Crippen LogP contribution in [-0.4, -0.2) is 24.9 Å². The van der Waals surface area contributed by atoms with Gasteiger partial charge in [-0.2, -0.15) is 0 Å². The number of nitrogens with one attached hydrogen (secondary N) is 1. The quantitative estimate of drug-likeness (QED) is 0.571. The van der Waals surface area contributed by atoms with Crippen LogP contribution >= 0.6 is 11.8 Å². The summed E-state index contributed by atoms with van der Waals surface area (Å²) in [5, 5.41) is 2.69. The number of benzene rings is 2. The number of anilines is 1. The van der Waals surface area contributed by atoms with Crippen LogP contribution in [0.5, 0.6) is 11.5 Å². The summed E-state index contributed by atoms with van der Waals surface area (Å²) >= 11 is 1.50. The second-order valence-electron chi connectivity index (χ2n) is 5.05. The molecule has 24 heavy (non-hydrogen) atoms. The first kappa shape index (κ1) is 17.9. The molecule has 0 aliphatic rings. The standard InChI is InChI=1S/C19H21NO3S/c1-4-13-23-17-7-5-15(6-8-17)20-19(21)14(2)24-18-11-9-16(22-3)10-12-18/h4-12,14H,1,13H2,2-3H3,(H,20,21)/t14-/m0/s1. The molecule has 0 spiro atoms. The Kier molecular flexibility index (Phi) is 6.75. The normalized spacial score (nSPS) is 11.4. The fourth-order valence-corrected chi connectivity index (χ4v) is 2.81. The molecule has 2 rings (SSSR count). The van der Waals surface area contributed by atoms with E-state index in [9.17, 15) is 4.79 Å². The van der Waals surface area contributed by atoms with Gasteiger partial charge in [-0.25, -0.2) is 0 Å². The summed E-state index contributed by atoms with van der Waals surface area (Å²) in [7, 11) is 1.63. The van der Waals surface area contributed by atoms with E-state index in [0.29, 0.717) is 6.61 Å². The highest BCUT2D eigenvalue weighted by molar-refractivity contribution is 8.00. The monoisotopic (exact) mass is 343 g/mol. The summed E-state index contributed by atoms with van der Waals surface area (Å²) in [5.41, 5.74) is 0.744. The third kappa shape index (κ3) is 5.35.